The van der Waals surface area contributed by atoms with Gasteiger partial charge in [-0.25, -0.2) is 9.59 Å². The van der Waals surface area contributed by atoms with Crippen molar-refractivity contribution in [2.45, 2.75) is 24.2 Å². The lowest BCUT2D eigenvalue weighted by Gasteiger charge is -2.30. The molecule has 8 nitrogen and oxygen atoms in total. The summed E-state index contributed by atoms with van der Waals surface area (Å²) in [5.41, 5.74) is 9.31. The molecule has 142 valence electrons. The molecule has 0 bridgehead atoms. The Hall–Kier alpha value is -2.59. The number of methoxy groups -OCH3 is 1. The number of nitrogens with two attached hydrogens (primary N) is 1. The van der Waals surface area contributed by atoms with Gasteiger partial charge in [-0.3, -0.25) is 0 Å². The molecule has 2 amide bonds. The van der Waals surface area contributed by atoms with Gasteiger partial charge in [0.1, 0.15) is 0 Å². The van der Waals surface area contributed by atoms with E-state index < -0.39 is 12.0 Å². The van der Waals surface area contributed by atoms with Gasteiger partial charge in [-0.05, 0) is 25.0 Å². The van der Waals surface area contributed by atoms with Gasteiger partial charge in [-0.1, -0.05) is 46.9 Å². The van der Waals surface area contributed by atoms with Gasteiger partial charge in [0.15, 0.2) is 4.34 Å². The molecular weight excluding hydrogens is 386 g/mol. The molecule has 0 saturated carbocycles. The van der Waals surface area contributed by atoms with Crippen LogP contribution < -0.4 is 16.4 Å². The van der Waals surface area contributed by atoms with E-state index in [1.165, 1.54) is 30.2 Å². The molecule has 1 aromatic heterocycles. The lowest BCUT2D eigenvalue weighted by atomic mass is 9.91. The number of hydrogen-bond acceptors (Lipinski definition) is 8. The maximum Gasteiger partial charge on any atom is 0.338 e. The number of thioether (sulfide) groups is 1. The van der Waals surface area contributed by atoms with Gasteiger partial charge < -0.3 is 21.1 Å². The number of nitrogens with zero attached hydrogens (tertiary/aromatic N) is 2. The normalized spacial score (nSPS) is 16.7. The first-order valence-corrected chi connectivity index (χ1v) is 9.87. The van der Waals surface area contributed by atoms with Gasteiger partial charge in [0.05, 0.1) is 18.7 Å². The summed E-state index contributed by atoms with van der Waals surface area (Å²) in [5, 5.41) is 13.6. The molecule has 10 heteroatoms. The van der Waals surface area contributed by atoms with Crippen LogP contribution in [0.4, 0.5) is 9.93 Å². The van der Waals surface area contributed by atoms with Crippen LogP contribution in [0.15, 0.2) is 33.8 Å². The van der Waals surface area contributed by atoms with E-state index in [2.05, 4.69) is 20.8 Å². The molecule has 0 saturated heterocycles. The largest absolute Gasteiger partial charge is 0.466 e. The number of nitrogens with one attached hydrogen (secondary N) is 2. The number of anilines is 1. The van der Waals surface area contributed by atoms with Crippen LogP contribution in [-0.4, -0.2) is 35.1 Å². The van der Waals surface area contributed by atoms with E-state index in [0.29, 0.717) is 26.5 Å². The summed E-state index contributed by atoms with van der Waals surface area (Å²) < 4.78 is 5.64. The molecule has 1 aliphatic rings. The topological polar surface area (TPSA) is 119 Å². The minimum Gasteiger partial charge on any atom is -0.466 e. The van der Waals surface area contributed by atoms with Gasteiger partial charge in [-0.2, -0.15) is 0 Å². The Morgan fingerprint density at radius 2 is 2.15 bits per heavy atom. The third-order valence-electron chi connectivity index (χ3n) is 4.07. The first-order valence-electron chi connectivity index (χ1n) is 8.07. The fraction of sp³-hybridized carbons (Fsp3) is 0.294. The van der Waals surface area contributed by atoms with Crippen LogP contribution in [0.25, 0.3) is 0 Å². The molecule has 0 radical (unpaired) electrons. The van der Waals surface area contributed by atoms with E-state index in [1.54, 1.807) is 0 Å². The number of benzene rings is 1. The Morgan fingerprint density at radius 3 is 2.81 bits per heavy atom. The summed E-state index contributed by atoms with van der Waals surface area (Å²) in [4.78, 5) is 24.8. The zero-order chi connectivity index (χ0) is 19.6. The maximum atomic E-state index is 12.6. The lowest BCUT2D eigenvalue weighted by molar-refractivity contribution is -0.136. The van der Waals surface area contributed by atoms with Crippen LogP contribution in [0.5, 0.6) is 0 Å². The number of hydrogen-bond donors (Lipinski definition) is 3. The highest BCUT2D eigenvalue weighted by Gasteiger charge is 2.34. The Balaban J connectivity index is 2.01. The minimum absolute atomic E-state index is 0.327. The predicted octanol–water partition coefficient (Wildman–Crippen LogP) is 2.31. The number of ether oxygens (including phenoxy) is 1. The van der Waals surface area contributed by atoms with Crippen LogP contribution in [-0.2, 0) is 9.53 Å². The summed E-state index contributed by atoms with van der Waals surface area (Å²) in [6, 6.07) is 4.94. The molecule has 4 N–H and O–H groups in total. The van der Waals surface area contributed by atoms with E-state index >= 15 is 0 Å². The van der Waals surface area contributed by atoms with Crippen molar-refractivity contribution in [1.82, 2.24) is 20.8 Å². The second-order valence-electron chi connectivity index (χ2n) is 5.97. The number of nitrogen functional groups attached to an aromatic ring is 1. The Kier molecular flexibility index (Phi) is 5.66. The van der Waals surface area contributed by atoms with Crippen molar-refractivity contribution < 1.29 is 14.3 Å². The van der Waals surface area contributed by atoms with Crippen molar-refractivity contribution in [3.8, 4) is 0 Å². The number of aromatic nitrogens is 2. The van der Waals surface area contributed by atoms with Gasteiger partial charge in [0.25, 0.3) is 0 Å². The van der Waals surface area contributed by atoms with E-state index in [-0.39, 0.29) is 6.03 Å². The number of carbonyl (C=O) groups excluding carboxylic acids is 2. The zero-order valence-electron chi connectivity index (χ0n) is 15.0. The number of esters is 1. The molecular formula is C17H19N5O3S2. The summed E-state index contributed by atoms with van der Waals surface area (Å²) >= 11 is 2.59. The molecule has 0 aliphatic carbocycles. The predicted molar refractivity (Wildman–Crippen MR) is 104 cm³/mol. The van der Waals surface area contributed by atoms with Crippen molar-refractivity contribution in [3.05, 3.63) is 46.2 Å². The first-order chi connectivity index (χ1) is 12.9. The Morgan fingerprint density at radius 1 is 1.37 bits per heavy atom. The highest BCUT2D eigenvalue weighted by Crippen LogP contribution is 2.33. The minimum atomic E-state index is -0.596. The second-order valence-corrected chi connectivity index (χ2v) is 8.20. The molecule has 3 rings (SSSR count). The third-order valence-corrected chi connectivity index (χ3v) is 5.98. The first kappa shape index (κ1) is 19.2. The van der Waals surface area contributed by atoms with Crippen molar-refractivity contribution >= 4 is 40.2 Å². The summed E-state index contributed by atoms with van der Waals surface area (Å²) in [6.07, 6.45) is 0. The quantitative estimate of drug-likeness (QED) is 0.516. The maximum absolute atomic E-state index is 12.6. The molecule has 0 spiro atoms. The molecule has 1 atom stereocenters. The highest BCUT2D eigenvalue weighted by molar-refractivity contribution is 8.01. The van der Waals surface area contributed by atoms with Crippen LogP contribution in [0.3, 0.4) is 0 Å². The molecule has 1 aromatic carbocycles. The van der Waals surface area contributed by atoms with Crippen LogP contribution in [0, 0.1) is 13.8 Å². The van der Waals surface area contributed by atoms with Crippen molar-refractivity contribution in [3.63, 3.8) is 0 Å². The smallest absolute Gasteiger partial charge is 0.338 e. The van der Waals surface area contributed by atoms with Gasteiger partial charge in [0, 0.05) is 11.4 Å². The number of aryl methyl sites for hydroxylation is 2. The fourth-order valence-corrected chi connectivity index (χ4v) is 4.40. The van der Waals surface area contributed by atoms with Crippen LogP contribution >= 0.6 is 23.1 Å². The molecule has 27 heavy (non-hydrogen) atoms. The van der Waals surface area contributed by atoms with Gasteiger partial charge >= 0.3 is 12.0 Å². The Labute approximate surface area is 164 Å². The monoisotopic (exact) mass is 405 g/mol. The summed E-state index contributed by atoms with van der Waals surface area (Å²) in [5.74, 6) is -0.172. The number of carbonyl (C=O) groups is 2. The Bertz CT molecular complexity index is 925. The van der Waals surface area contributed by atoms with E-state index in [1.807, 2.05) is 32.0 Å². The number of amides is 2. The number of urea groups is 1. The summed E-state index contributed by atoms with van der Waals surface area (Å²) in [7, 11) is 1.32. The van der Waals surface area contributed by atoms with Crippen LogP contribution in [0.1, 0.15) is 22.7 Å². The standard InChI is InChI=1S/C17H19N5O3S2/c1-8-4-5-9(2)10(6-8)13-12(14(23)25-3)11(19-16(24)20-13)7-26-17-22-21-15(18)27-17/h4-6,13H,7H2,1-3H3,(H2,18,21)(H2,19,20,24)/t13-/m1/s1. The average Bonchev–Trinajstić information content (AvgIpc) is 3.06. The lowest BCUT2D eigenvalue weighted by Crippen LogP contribution is -2.46. The fourth-order valence-electron chi connectivity index (χ4n) is 2.80. The van der Waals surface area contributed by atoms with E-state index in [0.717, 1.165) is 16.7 Å². The molecule has 0 fully saturated rings. The SMILES string of the molecule is COC(=O)C1=C(CSc2nnc(N)s2)NC(=O)N[C@@H]1c1cc(C)ccc1C. The zero-order valence-corrected chi connectivity index (χ0v) is 16.7. The van der Waals surface area contributed by atoms with Gasteiger partial charge in [-0.15, -0.1) is 10.2 Å². The summed E-state index contributed by atoms with van der Waals surface area (Å²) in [6.45, 7) is 3.90. The molecule has 0 unspecified atom stereocenters. The van der Waals surface area contributed by atoms with E-state index in [9.17, 15) is 9.59 Å². The van der Waals surface area contributed by atoms with Crippen molar-refractivity contribution in [1.29, 1.82) is 0 Å². The number of rotatable bonds is 5. The average molecular weight is 406 g/mol. The second kappa shape index (κ2) is 7.97. The van der Waals surface area contributed by atoms with Crippen LogP contribution in [0.2, 0.25) is 0 Å². The molecule has 1 aliphatic heterocycles. The van der Waals surface area contributed by atoms with Gasteiger partial charge in [0.2, 0.25) is 5.13 Å². The molecule has 2 heterocycles. The molecule has 2 aromatic rings. The third kappa shape index (κ3) is 4.22. The van der Waals surface area contributed by atoms with Crippen molar-refractivity contribution in [2.75, 3.05) is 18.6 Å². The van der Waals surface area contributed by atoms with E-state index in [4.69, 9.17) is 10.5 Å². The van der Waals surface area contributed by atoms with Crippen molar-refractivity contribution in [2.24, 2.45) is 0 Å². The highest BCUT2D eigenvalue weighted by atomic mass is 32.2.